The lowest BCUT2D eigenvalue weighted by Gasteiger charge is -2.04. The Balaban J connectivity index is 2.87. The summed E-state index contributed by atoms with van der Waals surface area (Å²) in [7, 11) is 0. The van der Waals surface area contributed by atoms with E-state index < -0.39 is 6.09 Å². The first kappa shape index (κ1) is 12.2. The van der Waals surface area contributed by atoms with Crippen molar-refractivity contribution < 1.29 is 19.7 Å². The maximum atomic E-state index is 9.97. The molecule has 0 unspecified atom stereocenters. The number of aliphatic hydroxyl groups is 1. The molecule has 0 atom stereocenters. The van der Waals surface area contributed by atoms with Gasteiger partial charge in [0.05, 0.1) is 19.8 Å². The highest BCUT2D eigenvalue weighted by atomic mass is 16.5. The molecule has 0 aliphatic rings. The number of hydrogen-bond acceptors (Lipinski definition) is 4. The minimum absolute atomic E-state index is 0.112. The summed E-state index contributed by atoms with van der Waals surface area (Å²) < 4.78 is 5.06. The normalized spacial score (nSPS) is 9.92. The van der Waals surface area contributed by atoms with Crippen molar-refractivity contribution in [1.29, 1.82) is 0 Å². The van der Waals surface area contributed by atoms with Crippen molar-refractivity contribution in [3.63, 3.8) is 0 Å². The molecule has 0 aliphatic carbocycles. The second-order valence-corrected chi connectivity index (χ2v) is 2.32. The van der Waals surface area contributed by atoms with Crippen LogP contribution in [-0.4, -0.2) is 55.8 Å². The van der Waals surface area contributed by atoms with Gasteiger partial charge < -0.3 is 25.6 Å². The molecule has 0 heterocycles. The fraction of sp³-hybridized carbons (Fsp3) is 0.857. The molecule has 0 saturated carbocycles. The van der Waals surface area contributed by atoms with E-state index >= 15 is 0 Å². The third-order valence-electron chi connectivity index (χ3n) is 1.23. The Bertz CT molecular complexity index is 132. The van der Waals surface area contributed by atoms with Gasteiger partial charge in [0, 0.05) is 19.6 Å². The van der Waals surface area contributed by atoms with Gasteiger partial charge in [0.25, 0.3) is 0 Å². The highest BCUT2D eigenvalue weighted by molar-refractivity contribution is 5.64. The van der Waals surface area contributed by atoms with Gasteiger partial charge in [-0.1, -0.05) is 0 Å². The Morgan fingerprint density at radius 1 is 1.23 bits per heavy atom. The Kier molecular flexibility index (Phi) is 8.64. The summed E-state index contributed by atoms with van der Waals surface area (Å²) in [6, 6.07) is 0. The van der Waals surface area contributed by atoms with E-state index in [1.54, 1.807) is 0 Å². The van der Waals surface area contributed by atoms with E-state index in [1.165, 1.54) is 0 Å². The first-order valence-electron chi connectivity index (χ1n) is 4.13. The molecule has 0 aromatic carbocycles. The van der Waals surface area contributed by atoms with E-state index in [-0.39, 0.29) is 6.61 Å². The zero-order valence-electron chi connectivity index (χ0n) is 7.45. The summed E-state index contributed by atoms with van der Waals surface area (Å²) in [4.78, 5) is 9.97. The summed E-state index contributed by atoms with van der Waals surface area (Å²) in [6.07, 6.45) is -1.04. The molecule has 13 heavy (non-hydrogen) atoms. The predicted molar refractivity (Wildman–Crippen MR) is 46.8 cm³/mol. The molecule has 0 saturated heterocycles. The first-order valence-corrected chi connectivity index (χ1v) is 4.13. The van der Waals surface area contributed by atoms with E-state index in [9.17, 15) is 4.79 Å². The van der Waals surface area contributed by atoms with Crippen molar-refractivity contribution in [2.45, 2.75) is 0 Å². The molecule has 0 aromatic heterocycles. The van der Waals surface area contributed by atoms with Crippen molar-refractivity contribution in [3.05, 3.63) is 0 Å². The second kappa shape index (κ2) is 9.24. The van der Waals surface area contributed by atoms with Gasteiger partial charge in [0.1, 0.15) is 0 Å². The van der Waals surface area contributed by atoms with E-state index in [1.807, 2.05) is 0 Å². The Morgan fingerprint density at radius 2 is 1.92 bits per heavy atom. The molecule has 78 valence electrons. The van der Waals surface area contributed by atoms with E-state index in [4.69, 9.17) is 14.9 Å². The summed E-state index contributed by atoms with van der Waals surface area (Å²) in [5.41, 5.74) is 0. The maximum Gasteiger partial charge on any atom is 0.404 e. The van der Waals surface area contributed by atoms with Crippen molar-refractivity contribution in [1.82, 2.24) is 10.6 Å². The molecule has 6 heteroatoms. The fourth-order valence-corrected chi connectivity index (χ4v) is 0.681. The van der Waals surface area contributed by atoms with Crippen molar-refractivity contribution in [3.8, 4) is 0 Å². The van der Waals surface area contributed by atoms with Crippen molar-refractivity contribution >= 4 is 6.09 Å². The van der Waals surface area contributed by atoms with Gasteiger partial charge in [0.2, 0.25) is 0 Å². The second-order valence-electron chi connectivity index (χ2n) is 2.32. The molecule has 1 amide bonds. The van der Waals surface area contributed by atoms with Crippen LogP contribution in [0.3, 0.4) is 0 Å². The SMILES string of the molecule is O=C(O)NCCOCCNCCO. The van der Waals surface area contributed by atoms with Gasteiger partial charge in [-0.3, -0.25) is 0 Å². The molecule has 0 spiro atoms. The lowest BCUT2D eigenvalue weighted by molar-refractivity contribution is 0.133. The predicted octanol–water partition coefficient (Wildman–Crippen LogP) is -1.15. The van der Waals surface area contributed by atoms with Crippen LogP contribution in [0, 0.1) is 0 Å². The van der Waals surface area contributed by atoms with Gasteiger partial charge in [-0.15, -0.1) is 0 Å². The lowest BCUT2D eigenvalue weighted by atomic mass is 10.6. The number of rotatable bonds is 8. The van der Waals surface area contributed by atoms with Gasteiger partial charge in [-0.2, -0.15) is 0 Å². The highest BCUT2D eigenvalue weighted by Gasteiger charge is 1.92. The highest BCUT2D eigenvalue weighted by Crippen LogP contribution is 1.72. The molecule has 0 aromatic rings. The molecule has 0 rings (SSSR count). The van der Waals surface area contributed by atoms with Crippen LogP contribution in [0.4, 0.5) is 4.79 Å². The molecule has 0 aliphatic heterocycles. The molecule has 4 N–H and O–H groups in total. The average Bonchev–Trinajstić information content (AvgIpc) is 2.09. The van der Waals surface area contributed by atoms with E-state index in [0.29, 0.717) is 32.8 Å². The van der Waals surface area contributed by atoms with Crippen LogP contribution >= 0.6 is 0 Å². The number of nitrogens with one attached hydrogen (secondary N) is 2. The van der Waals surface area contributed by atoms with Crippen LogP contribution in [-0.2, 0) is 4.74 Å². The number of carbonyl (C=O) groups is 1. The van der Waals surface area contributed by atoms with Gasteiger partial charge in [-0.05, 0) is 0 Å². The Labute approximate surface area is 76.9 Å². The molecule has 6 nitrogen and oxygen atoms in total. The molecule has 0 radical (unpaired) electrons. The smallest absolute Gasteiger partial charge is 0.404 e. The average molecular weight is 192 g/mol. The molecular formula is C7H16N2O4. The number of ether oxygens (including phenoxy) is 1. The van der Waals surface area contributed by atoms with Crippen LogP contribution in [0.25, 0.3) is 0 Å². The van der Waals surface area contributed by atoms with Gasteiger partial charge in [0.15, 0.2) is 0 Å². The monoisotopic (exact) mass is 192 g/mol. The Morgan fingerprint density at radius 3 is 2.54 bits per heavy atom. The summed E-state index contributed by atoms with van der Waals surface area (Å²) in [5, 5.41) is 21.7. The van der Waals surface area contributed by atoms with E-state index in [0.717, 1.165) is 0 Å². The van der Waals surface area contributed by atoms with Crippen LogP contribution in [0.1, 0.15) is 0 Å². The van der Waals surface area contributed by atoms with Crippen molar-refractivity contribution in [2.24, 2.45) is 0 Å². The summed E-state index contributed by atoms with van der Waals surface area (Å²) in [5.74, 6) is 0. The quantitative estimate of drug-likeness (QED) is 0.365. The molecule has 0 fully saturated rings. The largest absolute Gasteiger partial charge is 0.465 e. The van der Waals surface area contributed by atoms with Gasteiger partial charge >= 0.3 is 6.09 Å². The van der Waals surface area contributed by atoms with Crippen LogP contribution in [0.5, 0.6) is 0 Å². The fourth-order valence-electron chi connectivity index (χ4n) is 0.681. The van der Waals surface area contributed by atoms with Crippen LogP contribution < -0.4 is 10.6 Å². The summed E-state index contributed by atoms with van der Waals surface area (Å²) >= 11 is 0. The molecule has 0 bridgehead atoms. The van der Waals surface area contributed by atoms with Crippen molar-refractivity contribution in [2.75, 3.05) is 39.5 Å². The first-order chi connectivity index (χ1) is 6.27. The third kappa shape index (κ3) is 11.1. The summed E-state index contributed by atoms with van der Waals surface area (Å²) in [6.45, 7) is 2.51. The maximum absolute atomic E-state index is 9.97. The van der Waals surface area contributed by atoms with Crippen LogP contribution in [0.15, 0.2) is 0 Å². The lowest BCUT2D eigenvalue weighted by Crippen LogP contribution is -2.27. The Hall–Kier alpha value is -0.850. The zero-order chi connectivity index (χ0) is 9.94. The minimum Gasteiger partial charge on any atom is -0.465 e. The number of aliphatic hydroxyl groups excluding tert-OH is 1. The van der Waals surface area contributed by atoms with Gasteiger partial charge in [-0.25, -0.2) is 4.79 Å². The standard InChI is InChI=1S/C7H16N2O4/c10-4-1-8-2-5-13-6-3-9-7(11)12/h8-10H,1-6H2,(H,11,12). The minimum atomic E-state index is -1.04. The van der Waals surface area contributed by atoms with E-state index in [2.05, 4.69) is 10.6 Å². The number of amides is 1. The van der Waals surface area contributed by atoms with Crippen LogP contribution in [0.2, 0.25) is 0 Å². The number of carboxylic acid groups (broad SMARTS) is 1. The molecular weight excluding hydrogens is 176 g/mol. The topological polar surface area (TPSA) is 90.8 Å². The third-order valence-corrected chi connectivity index (χ3v) is 1.23. The zero-order valence-corrected chi connectivity index (χ0v) is 7.45. The number of hydrogen-bond donors (Lipinski definition) is 4.